The van der Waals surface area contributed by atoms with Gasteiger partial charge in [-0.15, -0.1) is 0 Å². The van der Waals surface area contributed by atoms with E-state index in [1.807, 2.05) is 6.07 Å². The summed E-state index contributed by atoms with van der Waals surface area (Å²) < 4.78 is 6.55. The quantitative estimate of drug-likeness (QED) is 0.585. The summed E-state index contributed by atoms with van der Waals surface area (Å²) in [6, 6.07) is 11.5. The predicted molar refractivity (Wildman–Crippen MR) is 79.6 cm³/mol. The van der Waals surface area contributed by atoms with E-state index in [-0.39, 0.29) is 17.0 Å². The summed E-state index contributed by atoms with van der Waals surface area (Å²) in [5.41, 5.74) is 1.07. The molecule has 0 radical (unpaired) electrons. The molecule has 0 unspecified atom stereocenters. The normalized spacial score (nSPS) is 10.7. The molecule has 0 atom stereocenters. The molecule has 1 aromatic carbocycles. The first-order valence-electron chi connectivity index (χ1n) is 6.62. The summed E-state index contributed by atoms with van der Waals surface area (Å²) >= 11 is 0. The van der Waals surface area contributed by atoms with Crippen LogP contribution in [-0.2, 0) is 0 Å². The largest absolute Gasteiger partial charge is 0.478 e. The zero-order valence-corrected chi connectivity index (χ0v) is 12.0. The molecule has 1 N–H and O–H groups in total. The topological polar surface area (TPSA) is 111 Å². The highest BCUT2D eigenvalue weighted by Gasteiger charge is 2.26. The van der Waals surface area contributed by atoms with Crippen LogP contribution in [0.3, 0.4) is 0 Å². The number of carbonyl (C=O) groups is 1. The van der Waals surface area contributed by atoms with Crippen LogP contribution in [0.25, 0.3) is 17.1 Å². The van der Waals surface area contributed by atoms with Crippen molar-refractivity contribution in [2.24, 2.45) is 0 Å². The van der Waals surface area contributed by atoms with Gasteiger partial charge in [-0.1, -0.05) is 18.2 Å². The fourth-order valence-corrected chi connectivity index (χ4v) is 2.30. The number of hydrogen-bond donors (Lipinski definition) is 1. The summed E-state index contributed by atoms with van der Waals surface area (Å²) in [6.07, 6.45) is 0. The summed E-state index contributed by atoms with van der Waals surface area (Å²) in [5, 5.41) is 24.4. The number of rotatable bonds is 4. The van der Waals surface area contributed by atoms with Gasteiger partial charge in [0.15, 0.2) is 5.76 Å². The van der Waals surface area contributed by atoms with E-state index in [2.05, 4.69) is 5.10 Å². The van der Waals surface area contributed by atoms with Crippen molar-refractivity contribution in [3.05, 3.63) is 63.8 Å². The molecule has 3 aromatic rings. The van der Waals surface area contributed by atoms with Crippen LogP contribution >= 0.6 is 0 Å². The van der Waals surface area contributed by atoms with E-state index in [9.17, 15) is 20.0 Å². The molecule has 23 heavy (non-hydrogen) atoms. The first-order valence-corrected chi connectivity index (χ1v) is 6.62. The summed E-state index contributed by atoms with van der Waals surface area (Å²) in [4.78, 5) is 21.6. The number of carboxylic acids is 1. The Morgan fingerprint density at radius 3 is 2.52 bits per heavy atom. The molecule has 0 aliphatic heterocycles. The Morgan fingerprint density at radius 2 is 1.96 bits per heavy atom. The molecule has 0 saturated carbocycles. The van der Waals surface area contributed by atoms with E-state index in [0.717, 1.165) is 6.07 Å². The maximum atomic E-state index is 11.6. The smallest absolute Gasteiger partial charge is 0.433 e. The highest BCUT2D eigenvalue weighted by molar-refractivity contribution is 5.95. The Morgan fingerprint density at radius 1 is 1.26 bits per heavy atom. The predicted octanol–water partition coefficient (Wildman–Crippen LogP) is 3.05. The Kier molecular flexibility index (Phi) is 3.41. The van der Waals surface area contributed by atoms with Gasteiger partial charge in [-0.25, -0.2) is 9.48 Å². The number of nitro groups is 1. The fourth-order valence-electron chi connectivity index (χ4n) is 2.30. The van der Waals surface area contributed by atoms with Gasteiger partial charge in [0, 0.05) is 0 Å². The van der Waals surface area contributed by atoms with E-state index >= 15 is 0 Å². The van der Waals surface area contributed by atoms with Crippen LogP contribution in [0.15, 0.2) is 46.9 Å². The molecule has 0 aliphatic carbocycles. The first kappa shape index (κ1) is 14.5. The van der Waals surface area contributed by atoms with Gasteiger partial charge in [-0.2, -0.15) is 5.10 Å². The number of nitrogens with zero attached hydrogens (tertiary/aromatic N) is 3. The Labute approximate surface area is 129 Å². The van der Waals surface area contributed by atoms with E-state index in [1.54, 1.807) is 31.2 Å². The van der Waals surface area contributed by atoms with E-state index in [4.69, 9.17) is 4.42 Å². The minimum atomic E-state index is -1.18. The minimum Gasteiger partial charge on any atom is -0.478 e. The van der Waals surface area contributed by atoms with Gasteiger partial charge in [-0.3, -0.25) is 10.1 Å². The van der Waals surface area contributed by atoms with Crippen LogP contribution in [0.1, 0.15) is 16.1 Å². The third-order valence-corrected chi connectivity index (χ3v) is 3.34. The second-order valence-electron chi connectivity index (χ2n) is 4.76. The number of aromatic nitrogens is 2. The van der Waals surface area contributed by atoms with E-state index in [1.165, 1.54) is 10.7 Å². The summed E-state index contributed by atoms with van der Waals surface area (Å²) in [5.74, 6) is -1.62. The molecule has 116 valence electrons. The zero-order valence-electron chi connectivity index (χ0n) is 12.0. The number of benzene rings is 1. The SMILES string of the molecule is Cc1c(C(=O)O)c(-c2ccc([N+](=O)[O-])o2)nn1-c1ccccc1. The standard InChI is InChI=1S/C15H11N3O5/c1-9-13(15(19)20)14(11-7-8-12(23-11)18(21)22)16-17(9)10-5-3-2-4-6-10/h2-8H,1H3,(H,19,20). The molecular formula is C15H11N3O5. The average molecular weight is 313 g/mol. The maximum Gasteiger partial charge on any atom is 0.433 e. The molecule has 0 saturated heterocycles. The molecule has 8 heteroatoms. The fraction of sp³-hybridized carbons (Fsp3) is 0.0667. The van der Waals surface area contributed by atoms with Crippen LogP contribution in [0.4, 0.5) is 5.88 Å². The maximum absolute atomic E-state index is 11.6. The van der Waals surface area contributed by atoms with Crippen LogP contribution in [0.5, 0.6) is 0 Å². The van der Waals surface area contributed by atoms with Crippen molar-refractivity contribution in [2.75, 3.05) is 0 Å². The van der Waals surface area contributed by atoms with E-state index in [0.29, 0.717) is 11.4 Å². The third-order valence-electron chi connectivity index (χ3n) is 3.34. The number of para-hydroxylation sites is 1. The Balaban J connectivity index is 2.20. The second kappa shape index (κ2) is 5.41. The number of furan rings is 1. The lowest BCUT2D eigenvalue weighted by Crippen LogP contribution is -2.02. The molecule has 0 spiro atoms. The lowest BCUT2D eigenvalue weighted by atomic mass is 10.1. The lowest BCUT2D eigenvalue weighted by molar-refractivity contribution is -0.401. The number of carboxylic acid groups (broad SMARTS) is 1. The second-order valence-corrected chi connectivity index (χ2v) is 4.76. The first-order chi connectivity index (χ1) is 11.0. The molecule has 0 aliphatic rings. The van der Waals surface area contributed by atoms with Gasteiger partial charge < -0.3 is 9.52 Å². The Bertz CT molecular complexity index is 895. The van der Waals surface area contributed by atoms with Gasteiger partial charge in [0.2, 0.25) is 0 Å². The van der Waals surface area contributed by atoms with Crippen molar-refractivity contribution in [2.45, 2.75) is 6.92 Å². The number of hydrogen-bond acceptors (Lipinski definition) is 5. The van der Waals surface area contributed by atoms with Crippen LogP contribution in [0, 0.1) is 17.0 Å². The van der Waals surface area contributed by atoms with Crippen molar-refractivity contribution in [1.82, 2.24) is 9.78 Å². The van der Waals surface area contributed by atoms with Gasteiger partial charge in [0.25, 0.3) is 0 Å². The van der Waals surface area contributed by atoms with Crippen molar-refractivity contribution in [3.8, 4) is 17.1 Å². The zero-order chi connectivity index (χ0) is 16.6. The van der Waals surface area contributed by atoms with Crippen LogP contribution in [-0.4, -0.2) is 25.8 Å². The molecule has 3 rings (SSSR count). The van der Waals surface area contributed by atoms with Crippen molar-refractivity contribution >= 4 is 11.9 Å². The van der Waals surface area contributed by atoms with Gasteiger partial charge in [0.1, 0.15) is 16.2 Å². The van der Waals surface area contributed by atoms with Gasteiger partial charge in [0.05, 0.1) is 17.4 Å². The number of aromatic carboxylic acids is 1. The minimum absolute atomic E-state index is 0.0341. The van der Waals surface area contributed by atoms with Crippen LogP contribution < -0.4 is 0 Å². The Hall–Kier alpha value is -3.42. The molecule has 0 amide bonds. The van der Waals surface area contributed by atoms with Crippen LogP contribution in [0.2, 0.25) is 0 Å². The van der Waals surface area contributed by atoms with Crippen molar-refractivity contribution < 1.29 is 19.2 Å². The van der Waals surface area contributed by atoms with Crippen molar-refractivity contribution in [3.63, 3.8) is 0 Å². The molecule has 0 bridgehead atoms. The van der Waals surface area contributed by atoms with E-state index < -0.39 is 16.8 Å². The monoisotopic (exact) mass is 313 g/mol. The molecular weight excluding hydrogens is 302 g/mol. The highest BCUT2D eigenvalue weighted by atomic mass is 16.6. The molecule has 0 fully saturated rings. The third kappa shape index (κ3) is 2.46. The molecule has 8 nitrogen and oxygen atoms in total. The summed E-state index contributed by atoms with van der Waals surface area (Å²) in [6.45, 7) is 1.62. The van der Waals surface area contributed by atoms with Crippen molar-refractivity contribution in [1.29, 1.82) is 0 Å². The molecule has 2 heterocycles. The molecule has 2 aromatic heterocycles. The lowest BCUT2D eigenvalue weighted by Gasteiger charge is -2.03. The highest BCUT2D eigenvalue weighted by Crippen LogP contribution is 2.30. The van der Waals surface area contributed by atoms with Gasteiger partial charge >= 0.3 is 11.9 Å². The van der Waals surface area contributed by atoms with Gasteiger partial charge in [-0.05, 0) is 25.1 Å². The average Bonchev–Trinajstić information content (AvgIpc) is 3.12. The summed E-state index contributed by atoms with van der Waals surface area (Å²) in [7, 11) is 0.